The van der Waals surface area contributed by atoms with Crippen molar-refractivity contribution in [1.82, 2.24) is 20.5 Å². The number of nitrogens with zero attached hydrogens (tertiary/aromatic N) is 2. The highest BCUT2D eigenvalue weighted by molar-refractivity contribution is 6.09. The van der Waals surface area contributed by atoms with Gasteiger partial charge in [0, 0.05) is 49.2 Å². The molecular formula is C38H38N4O5. The van der Waals surface area contributed by atoms with E-state index in [0.717, 1.165) is 71.1 Å². The number of carboxylic acids is 2. The van der Waals surface area contributed by atoms with Crippen LogP contribution in [0.15, 0.2) is 103 Å². The molecule has 0 bridgehead atoms. The van der Waals surface area contributed by atoms with E-state index in [2.05, 4.69) is 27.7 Å². The van der Waals surface area contributed by atoms with E-state index >= 15 is 0 Å². The van der Waals surface area contributed by atoms with Crippen molar-refractivity contribution in [3.05, 3.63) is 137 Å². The maximum atomic E-state index is 13.9. The molecule has 0 aliphatic carbocycles. The van der Waals surface area contributed by atoms with E-state index in [4.69, 9.17) is 15.2 Å². The van der Waals surface area contributed by atoms with Crippen molar-refractivity contribution in [2.24, 2.45) is 0 Å². The Morgan fingerprint density at radius 2 is 1.49 bits per heavy atom. The van der Waals surface area contributed by atoms with Crippen LogP contribution in [0.3, 0.4) is 0 Å². The van der Waals surface area contributed by atoms with Gasteiger partial charge in [-0.2, -0.15) is 0 Å². The standard InChI is InChI=1S/C29H30N4O.C9H8O4/c1-21(22-10-4-2-5-11-22)31-29(34)27-24-14-8-9-15-26(24)32-28(23-12-6-3-7-13-23)25(27)20-33-18-16-30-17-19-33;1-5-2-3-6(8(10)11)4-7(5)9(12)13/h2-15,21,30H,16-20H2,1H3,(H,31,34);2-4H,1H3,(H,10,11)(H,12,13). The summed E-state index contributed by atoms with van der Waals surface area (Å²) < 4.78 is 0. The number of benzene rings is 4. The summed E-state index contributed by atoms with van der Waals surface area (Å²) in [5.41, 5.74) is 6.12. The number of aryl methyl sites for hydroxylation is 1. The number of hydrogen-bond donors (Lipinski definition) is 4. The fourth-order valence-electron chi connectivity index (χ4n) is 5.67. The second-order valence-electron chi connectivity index (χ2n) is 11.5. The first-order chi connectivity index (χ1) is 22.7. The van der Waals surface area contributed by atoms with Gasteiger partial charge in [-0.3, -0.25) is 9.69 Å². The lowest BCUT2D eigenvalue weighted by Gasteiger charge is -2.29. The summed E-state index contributed by atoms with van der Waals surface area (Å²) in [6.07, 6.45) is 0. The fraction of sp³-hybridized carbons (Fsp3) is 0.211. The zero-order valence-corrected chi connectivity index (χ0v) is 26.4. The van der Waals surface area contributed by atoms with Crippen molar-refractivity contribution in [3.8, 4) is 11.3 Å². The molecular weight excluding hydrogens is 592 g/mol. The second kappa shape index (κ2) is 15.3. The van der Waals surface area contributed by atoms with Crippen molar-refractivity contribution in [2.75, 3.05) is 26.2 Å². The average molecular weight is 631 g/mol. The van der Waals surface area contributed by atoms with E-state index in [1.54, 1.807) is 6.92 Å². The summed E-state index contributed by atoms with van der Waals surface area (Å²) in [6.45, 7) is 8.14. The first-order valence-electron chi connectivity index (χ1n) is 15.6. The Balaban J connectivity index is 0.000000281. The minimum absolute atomic E-state index is 0.0111. The molecule has 9 heteroatoms. The van der Waals surface area contributed by atoms with E-state index in [1.165, 1.54) is 12.1 Å². The first-order valence-corrected chi connectivity index (χ1v) is 15.6. The number of amides is 1. The topological polar surface area (TPSA) is 132 Å². The molecule has 5 aromatic rings. The molecule has 9 nitrogen and oxygen atoms in total. The Labute approximate surface area is 273 Å². The molecule has 0 saturated carbocycles. The van der Waals surface area contributed by atoms with Gasteiger partial charge in [-0.25, -0.2) is 14.6 Å². The number of rotatable bonds is 8. The van der Waals surface area contributed by atoms with Gasteiger partial charge in [-0.15, -0.1) is 0 Å². The van der Waals surface area contributed by atoms with Crippen molar-refractivity contribution in [2.45, 2.75) is 26.4 Å². The third-order valence-electron chi connectivity index (χ3n) is 8.22. The second-order valence-corrected chi connectivity index (χ2v) is 11.5. The minimum Gasteiger partial charge on any atom is -0.478 e. The zero-order valence-electron chi connectivity index (χ0n) is 26.4. The van der Waals surface area contributed by atoms with Gasteiger partial charge < -0.3 is 20.8 Å². The van der Waals surface area contributed by atoms with Crippen molar-refractivity contribution >= 4 is 28.7 Å². The number of carbonyl (C=O) groups excluding carboxylic acids is 1. The van der Waals surface area contributed by atoms with Gasteiger partial charge in [0.2, 0.25) is 0 Å². The van der Waals surface area contributed by atoms with E-state index in [-0.39, 0.29) is 23.1 Å². The third-order valence-corrected chi connectivity index (χ3v) is 8.22. The summed E-state index contributed by atoms with van der Waals surface area (Å²) in [7, 11) is 0. The van der Waals surface area contributed by atoms with E-state index in [1.807, 2.05) is 79.7 Å². The number of fused-ring (bicyclic) bond motifs is 1. The molecule has 6 rings (SSSR count). The van der Waals surface area contributed by atoms with Gasteiger partial charge in [-0.05, 0) is 43.2 Å². The minimum atomic E-state index is -1.12. The van der Waals surface area contributed by atoms with E-state index in [9.17, 15) is 14.4 Å². The van der Waals surface area contributed by atoms with Gasteiger partial charge in [-0.1, -0.05) is 84.9 Å². The molecule has 4 aromatic carbocycles. The molecule has 1 atom stereocenters. The van der Waals surface area contributed by atoms with Gasteiger partial charge in [0.05, 0.1) is 33.9 Å². The molecule has 47 heavy (non-hydrogen) atoms. The van der Waals surface area contributed by atoms with Crippen LogP contribution >= 0.6 is 0 Å². The Morgan fingerprint density at radius 1 is 0.851 bits per heavy atom. The number of carboxylic acid groups (broad SMARTS) is 2. The van der Waals surface area contributed by atoms with Crippen molar-refractivity contribution in [1.29, 1.82) is 0 Å². The molecule has 1 saturated heterocycles. The fourth-order valence-corrected chi connectivity index (χ4v) is 5.67. The lowest BCUT2D eigenvalue weighted by atomic mass is 9.95. The lowest BCUT2D eigenvalue weighted by Crippen LogP contribution is -2.43. The Bertz CT molecular complexity index is 1870. The molecule has 1 amide bonds. The Kier molecular flexibility index (Phi) is 10.7. The van der Waals surface area contributed by atoms with Crippen LogP contribution in [0.1, 0.15) is 60.7 Å². The predicted octanol–water partition coefficient (Wildman–Crippen LogP) is 6.19. The third kappa shape index (κ3) is 8.07. The number of para-hydroxylation sites is 1. The molecule has 1 aromatic heterocycles. The van der Waals surface area contributed by atoms with Gasteiger partial charge in [0.15, 0.2) is 0 Å². The normalized spacial score (nSPS) is 13.7. The number of carbonyl (C=O) groups is 3. The summed E-state index contributed by atoms with van der Waals surface area (Å²) in [5.74, 6) is -2.29. The maximum Gasteiger partial charge on any atom is 0.335 e. The van der Waals surface area contributed by atoms with Crippen LogP contribution in [-0.4, -0.2) is 64.1 Å². The predicted molar refractivity (Wildman–Crippen MR) is 183 cm³/mol. The smallest absolute Gasteiger partial charge is 0.335 e. The van der Waals surface area contributed by atoms with Crippen molar-refractivity contribution in [3.63, 3.8) is 0 Å². The summed E-state index contributed by atoms with van der Waals surface area (Å²) in [5, 5.41) is 24.8. The van der Waals surface area contributed by atoms with Crippen LogP contribution in [0.2, 0.25) is 0 Å². The van der Waals surface area contributed by atoms with E-state index < -0.39 is 11.9 Å². The van der Waals surface area contributed by atoms with Crippen LogP contribution in [0.25, 0.3) is 22.2 Å². The quantitative estimate of drug-likeness (QED) is 0.160. The zero-order chi connectivity index (χ0) is 33.3. The number of hydrogen-bond acceptors (Lipinski definition) is 6. The molecule has 1 fully saturated rings. The number of aromatic carboxylic acids is 2. The van der Waals surface area contributed by atoms with E-state index in [0.29, 0.717) is 12.1 Å². The molecule has 240 valence electrons. The molecule has 0 spiro atoms. The lowest BCUT2D eigenvalue weighted by molar-refractivity contribution is 0.0695. The van der Waals surface area contributed by atoms with Gasteiger partial charge in [0.25, 0.3) is 5.91 Å². The highest BCUT2D eigenvalue weighted by atomic mass is 16.4. The molecule has 1 aliphatic heterocycles. The van der Waals surface area contributed by atoms with Gasteiger partial charge >= 0.3 is 11.9 Å². The molecule has 0 radical (unpaired) electrons. The number of pyridine rings is 1. The largest absolute Gasteiger partial charge is 0.478 e. The first kappa shape index (κ1) is 33.0. The summed E-state index contributed by atoms with van der Waals surface area (Å²) >= 11 is 0. The van der Waals surface area contributed by atoms with Crippen LogP contribution in [0.5, 0.6) is 0 Å². The van der Waals surface area contributed by atoms with Crippen LogP contribution < -0.4 is 10.6 Å². The molecule has 1 aliphatic rings. The highest BCUT2D eigenvalue weighted by Gasteiger charge is 2.25. The molecule has 1 unspecified atom stereocenters. The number of nitrogens with one attached hydrogen (secondary N) is 2. The average Bonchev–Trinajstić information content (AvgIpc) is 3.09. The molecule has 2 heterocycles. The SMILES string of the molecule is CC(NC(=O)c1c(CN2CCNCC2)c(-c2ccccc2)nc2ccccc12)c1ccccc1.Cc1ccc(C(=O)O)cc1C(=O)O. The Morgan fingerprint density at radius 3 is 2.15 bits per heavy atom. The molecule has 4 N–H and O–H groups in total. The van der Waals surface area contributed by atoms with Crippen LogP contribution in [0, 0.1) is 6.92 Å². The summed E-state index contributed by atoms with van der Waals surface area (Å²) in [6, 6.07) is 32.2. The van der Waals surface area contributed by atoms with Gasteiger partial charge in [0.1, 0.15) is 0 Å². The highest BCUT2D eigenvalue weighted by Crippen LogP contribution is 2.32. The monoisotopic (exact) mass is 630 g/mol. The number of aromatic nitrogens is 1. The Hall–Kier alpha value is -5.38. The number of piperazine rings is 1. The van der Waals surface area contributed by atoms with Crippen LogP contribution in [-0.2, 0) is 6.54 Å². The van der Waals surface area contributed by atoms with Crippen molar-refractivity contribution < 1.29 is 24.6 Å². The van der Waals surface area contributed by atoms with Crippen LogP contribution in [0.4, 0.5) is 0 Å². The summed E-state index contributed by atoms with van der Waals surface area (Å²) in [4.78, 5) is 42.5. The maximum absolute atomic E-state index is 13.9.